The molecule has 1 saturated heterocycles. The van der Waals surface area contributed by atoms with Crippen molar-refractivity contribution in [3.63, 3.8) is 0 Å². The molecule has 1 N–H and O–H groups in total. The first-order valence-corrected chi connectivity index (χ1v) is 16.4. The number of amides is 2. The van der Waals surface area contributed by atoms with E-state index < -0.39 is 13.7 Å². The summed E-state index contributed by atoms with van der Waals surface area (Å²) in [6, 6.07) is 10.7. The lowest BCUT2D eigenvalue weighted by Crippen LogP contribution is -2.40. The molecule has 0 aliphatic carbocycles. The molecular weight excluding hydrogens is 519 g/mol. The number of hydrogen-bond donors (Lipinski definition) is 1. The Morgan fingerprint density at radius 2 is 2.00 bits per heavy atom. The van der Waals surface area contributed by atoms with Gasteiger partial charge in [0.05, 0.1) is 24.8 Å². The van der Waals surface area contributed by atoms with E-state index in [9.17, 15) is 9.18 Å². The van der Waals surface area contributed by atoms with Crippen molar-refractivity contribution in [2.75, 3.05) is 25.5 Å². The van der Waals surface area contributed by atoms with Crippen molar-refractivity contribution in [1.29, 1.82) is 0 Å². The van der Waals surface area contributed by atoms with Crippen molar-refractivity contribution in [2.24, 2.45) is 0 Å². The van der Waals surface area contributed by atoms with Gasteiger partial charge < -0.3 is 19.4 Å². The molecule has 1 fully saturated rings. The van der Waals surface area contributed by atoms with Gasteiger partial charge in [-0.1, -0.05) is 39.0 Å². The maximum absolute atomic E-state index is 14.6. The van der Waals surface area contributed by atoms with Gasteiger partial charge in [0, 0.05) is 13.1 Å². The third kappa shape index (κ3) is 5.62. The number of nitrogens with zero attached hydrogens (tertiary/aromatic N) is 3. The van der Waals surface area contributed by atoms with Crippen LogP contribution in [0.3, 0.4) is 0 Å². The first-order chi connectivity index (χ1) is 17.9. The van der Waals surface area contributed by atoms with Crippen LogP contribution < -0.4 is 10.1 Å². The van der Waals surface area contributed by atoms with Crippen LogP contribution in [0.5, 0.6) is 5.75 Å². The van der Waals surface area contributed by atoms with Gasteiger partial charge in [-0.15, -0.1) is 0 Å². The second kappa shape index (κ2) is 10.7. The monoisotopic (exact) mass is 556 g/mol. The summed E-state index contributed by atoms with van der Waals surface area (Å²) >= 11 is 1.29. The number of hydrogen-bond acceptors (Lipinski definition) is 6. The first-order valence-electron chi connectivity index (χ1n) is 12.8. The molecule has 2 aromatic carbocycles. The van der Waals surface area contributed by atoms with Crippen LogP contribution in [0.2, 0.25) is 18.1 Å². The number of rotatable bonds is 7. The second-order valence-corrected chi connectivity index (χ2v) is 17.1. The Kier molecular flexibility index (Phi) is 7.97. The average Bonchev–Trinajstić information content (AvgIpc) is 3.55. The molecule has 1 aliphatic rings. The minimum absolute atomic E-state index is 0.103. The lowest BCUT2D eigenvalue weighted by molar-refractivity contribution is 0.220. The van der Waals surface area contributed by atoms with Crippen LogP contribution in [0, 0.1) is 12.7 Å². The van der Waals surface area contributed by atoms with E-state index in [1.54, 1.807) is 31.1 Å². The van der Waals surface area contributed by atoms with Crippen molar-refractivity contribution in [1.82, 2.24) is 14.3 Å². The third-order valence-corrected chi connectivity index (χ3v) is 13.3. The van der Waals surface area contributed by atoms with Gasteiger partial charge in [0.25, 0.3) is 0 Å². The Morgan fingerprint density at radius 3 is 2.63 bits per heavy atom. The maximum Gasteiger partial charge on any atom is 0.321 e. The smallest absolute Gasteiger partial charge is 0.321 e. The first kappa shape index (κ1) is 28.2. The van der Waals surface area contributed by atoms with E-state index in [1.807, 2.05) is 24.3 Å². The zero-order valence-corrected chi connectivity index (χ0v) is 25.0. The Labute approximate surface area is 229 Å². The number of carbonyl (C=O) groups excluding carboxylic acids is 1. The highest BCUT2D eigenvalue weighted by atomic mass is 32.1. The van der Waals surface area contributed by atoms with E-state index in [0.717, 1.165) is 16.1 Å². The summed E-state index contributed by atoms with van der Waals surface area (Å²) in [5.74, 6) is 0.306. The SMILES string of the molecule is COc1ccc(CO[Si](C)(C)C(C)(C)C)cc1NC(=O)N1CC[C@](c2ccc(C)c(F)c2)(c2ncns2)C1. The topological polar surface area (TPSA) is 76.6 Å². The Balaban J connectivity index is 1.54. The van der Waals surface area contributed by atoms with Crippen LogP contribution in [-0.2, 0) is 16.4 Å². The average molecular weight is 557 g/mol. The van der Waals surface area contributed by atoms with Crippen LogP contribution in [0.25, 0.3) is 0 Å². The van der Waals surface area contributed by atoms with Crippen molar-refractivity contribution in [3.05, 3.63) is 70.2 Å². The van der Waals surface area contributed by atoms with E-state index in [2.05, 4.69) is 48.5 Å². The van der Waals surface area contributed by atoms with Crippen molar-refractivity contribution < 1.29 is 18.3 Å². The van der Waals surface area contributed by atoms with Gasteiger partial charge in [0.2, 0.25) is 0 Å². The number of nitrogens with one attached hydrogen (secondary N) is 1. The molecule has 1 atom stereocenters. The zero-order valence-electron chi connectivity index (χ0n) is 23.2. The highest BCUT2D eigenvalue weighted by molar-refractivity contribution is 7.05. The molecule has 204 valence electrons. The van der Waals surface area contributed by atoms with E-state index in [4.69, 9.17) is 9.16 Å². The summed E-state index contributed by atoms with van der Waals surface area (Å²) in [6.45, 7) is 14.1. The van der Waals surface area contributed by atoms with Gasteiger partial charge >= 0.3 is 6.03 Å². The quantitative estimate of drug-likeness (QED) is 0.326. The number of aromatic nitrogens is 2. The number of aryl methyl sites for hydroxylation is 1. The third-order valence-electron chi connectivity index (χ3n) is 7.96. The number of benzene rings is 2. The molecule has 0 bridgehead atoms. The van der Waals surface area contributed by atoms with Crippen molar-refractivity contribution >= 4 is 31.6 Å². The fraction of sp³-hybridized carbons (Fsp3) is 0.464. The van der Waals surface area contributed by atoms with Crippen LogP contribution in [0.1, 0.15) is 48.9 Å². The molecular formula is C28H37FN4O3SSi. The van der Waals surface area contributed by atoms with Crippen LogP contribution in [0.4, 0.5) is 14.9 Å². The number of carbonyl (C=O) groups is 1. The minimum atomic E-state index is -1.93. The molecule has 1 aromatic heterocycles. The molecule has 3 aromatic rings. The molecule has 2 heterocycles. The number of likely N-dealkylation sites (tertiary alicyclic amines) is 1. The van der Waals surface area contributed by atoms with Crippen molar-refractivity contribution in [3.8, 4) is 5.75 Å². The highest BCUT2D eigenvalue weighted by Crippen LogP contribution is 2.42. The molecule has 4 rings (SSSR count). The van der Waals surface area contributed by atoms with Crippen LogP contribution in [-0.4, -0.2) is 48.8 Å². The van der Waals surface area contributed by atoms with E-state index in [-0.39, 0.29) is 16.9 Å². The van der Waals surface area contributed by atoms with Gasteiger partial charge in [0.15, 0.2) is 8.32 Å². The molecule has 1 aliphatic heterocycles. The number of anilines is 1. The number of ether oxygens (including phenoxy) is 1. The largest absolute Gasteiger partial charge is 0.495 e. The normalized spacial score (nSPS) is 18.1. The summed E-state index contributed by atoms with van der Waals surface area (Å²) in [7, 11) is -0.344. The van der Waals surface area contributed by atoms with Gasteiger partial charge in [-0.2, -0.15) is 4.37 Å². The summed E-state index contributed by atoms with van der Waals surface area (Å²) in [5, 5.41) is 3.92. The molecule has 7 nitrogen and oxygen atoms in total. The summed E-state index contributed by atoms with van der Waals surface area (Å²) in [5.41, 5.74) is 2.32. The predicted octanol–water partition coefficient (Wildman–Crippen LogP) is 6.74. The number of urea groups is 1. The summed E-state index contributed by atoms with van der Waals surface area (Å²) in [6.07, 6.45) is 2.13. The van der Waals surface area contributed by atoms with Crippen LogP contribution in [0.15, 0.2) is 42.7 Å². The molecule has 0 spiro atoms. The van der Waals surface area contributed by atoms with E-state index >= 15 is 0 Å². The highest BCUT2D eigenvalue weighted by Gasteiger charge is 2.45. The zero-order chi connectivity index (χ0) is 27.7. The predicted molar refractivity (Wildman–Crippen MR) is 152 cm³/mol. The van der Waals surface area contributed by atoms with Crippen LogP contribution >= 0.6 is 11.5 Å². The molecule has 0 unspecified atom stereocenters. The summed E-state index contributed by atoms with van der Waals surface area (Å²) in [4.78, 5) is 19.7. The Morgan fingerprint density at radius 1 is 1.24 bits per heavy atom. The van der Waals surface area contributed by atoms with Gasteiger partial charge in [-0.25, -0.2) is 14.2 Å². The maximum atomic E-state index is 14.6. The lowest BCUT2D eigenvalue weighted by Gasteiger charge is -2.36. The molecule has 38 heavy (non-hydrogen) atoms. The number of methoxy groups -OCH3 is 1. The Bertz CT molecular complexity index is 1300. The summed E-state index contributed by atoms with van der Waals surface area (Å²) < 4.78 is 30.7. The standard InChI is InChI=1S/C28H37FN4O3SSi/c1-19-8-10-21(15-22(19)29)28(25-30-18-31-37-25)12-13-33(17-28)26(34)32-23-14-20(9-11-24(23)35-5)16-36-38(6,7)27(2,3)4/h8-11,14-15,18H,12-13,16-17H2,1-7H3,(H,32,34)/t28-/m0/s1. The second-order valence-electron chi connectivity index (χ2n) is 11.5. The van der Waals surface area contributed by atoms with E-state index in [0.29, 0.717) is 43.1 Å². The molecule has 2 amide bonds. The molecule has 0 radical (unpaired) electrons. The molecule has 10 heteroatoms. The number of halogens is 1. The van der Waals surface area contributed by atoms with E-state index in [1.165, 1.54) is 17.9 Å². The van der Waals surface area contributed by atoms with Gasteiger partial charge in [-0.05, 0) is 77.9 Å². The lowest BCUT2D eigenvalue weighted by atomic mass is 9.80. The minimum Gasteiger partial charge on any atom is -0.495 e. The fourth-order valence-electron chi connectivity index (χ4n) is 4.41. The Hall–Kier alpha value is -2.82. The molecule has 0 saturated carbocycles. The fourth-order valence-corrected chi connectivity index (χ4v) is 6.12. The van der Waals surface area contributed by atoms with Gasteiger partial charge in [0.1, 0.15) is 22.9 Å². The van der Waals surface area contributed by atoms with Crippen molar-refractivity contribution in [2.45, 2.75) is 64.3 Å². The van der Waals surface area contributed by atoms with Gasteiger partial charge in [-0.3, -0.25) is 0 Å².